The van der Waals surface area contributed by atoms with Gasteiger partial charge in [-0.1, -0.05) is 80.4 Å². The molecule has 9 amide bonds. The Hall–Kier alpha value is -6.36. The van der Waals surface area contributed by atoms with Crippen LogP contribution in [0.3, 0.4) is 0 Å². The quantitative estimate of drug-likeness (QED) is 0.0421. The standard InChI is InChI=1S/C46H76N10O13/c1-12-24(7)36(53-33(59)20-48-39(61)26(9)50-40(62)27(10)51-41(63)31(47)19-29-14-16-30(58)17-15-29)43(65)49-21-34(60)54-37(25(8)13-2)44(66)52-32(18-22(3)4)42(64)56-38(28(11)57)45(67)55-35(23(5)6)46(68)69/h14-17,22-28,31-32,35-38,57-58H,12-13,18-21,47H2,1-11H3,(H,48,61)(H,49,65)(H,50,62)(H,51,63)(H,52,66)(H,53,59)(H,54,60)(H,55,67)(H,56,64)(H,68,69)/t24-,25-,26-,27-,28+,31-,32-,35-,36-,37-,38-/m0/s1. The number of carboxylic acids is 1. The summed E-state index contributed by atoms with van der Waals surface area (Å²) in [4.78, 5) is 130. The molecule has 0 saturated carbocycles. The number of aliphatic hydroxyl groups is 1. The molecule has 0 aliphatic carbocycles. The van der Waals surface area contributed by atoms with Gasteiger partial charge < -0.3 is 68.9 Å². The van der Waals surface area contributed by atoms with Crippen LogP contribution in [-0.2, 0) is 54.4 Å². The molecule has 0 aromatic heterocycles. The molecule has 388 valence electrons. The predicted molar refractivity (Wildman–Crippen MR) is 253 cm³/mol. The number of carbonyl (C=O) groups excluding carboxylic acids is 9. The van der Waals surface area contributed by atoms with Crippen LogP contribution in [-0.4, -0.2) is 142 Å². The lowest BCUT2D eigenvalue weighted by Gasteiger charge is -2.29. The van der Waals surface area contributed by atoms with Gasteiger partial charge in [-0.2, -0.15) is 0 Å². The minimum Gasteiger partial charge on any atom is -0.508 e. The number of hydrogen-bond acceptors (Lipinski definition) is 13. The van der Waals surface area contributed by atoms with Gasteiger partial charge in [0, 0.05) is 0 Å². The number of phenolic OH excluding ortho intramolecular Hbond substituents is 1. The highest BCUT2D eigenvalue weighted by Crippen LogP contribution is 2.14. The monoisotopic (exact) mass is 977 g/mol. The molecule has 0 aliphatic heterocycles. The van der Waals surface area contributed by atoms with Crippen molar-refractivity contribution >= 4 is 59.1 Å². The molecule has 69 heavy (non-hydrogen) atoms. The van der Waals surface area contributed by atoms with Crippen LogP contribution in [0, 0.1) is 23.7 Å². The highest BCUT2D eigenvalue weighted by atomic mass is 16.4. The van der Waals surface area contributed by atoms with E-state index < -0.39 is 144 Å². The first-order chi connectivity index (χ1) is 32.1. The first-order valence-corrected chi connectivity index (χ1v) is 23.2. The van der Waals surface area contributed by atoms with Crippen molar-refractivity contribution in [3.05, 3.63) is 29.8 Å². The number of carboxylic acid groups (broad SMARTS) is 1. The van der Waals surface area contributed by atoms with Crippen molar-refractivity contribution < 1.29 is 63.3 Å². The minimum absolute atomic E-state index is 0.0533. The molecule has 0 spiro atoms. The van der Waals surface area contributed by atoms with Gasteiger partial charge in [0.25, 0.3) is 0 Å². The summed E-state index contributed by atoms with van der Waals surface area (Å²) < 4.78 is 0. The molecule has 1 aromatic carbocycles. The largest absolute Gasteiger partial charge is 0.508 e. The zero-order valence-electron chi connectivity index (χ0n) is 41.6. The summed E-state index contributed by atoms with van der Waals surface area (Å²) in [5, 5.41) is 51.7. The first-order valence-electron chi connectivity index (χ1n) is 23.2. The summed E-state index contributed by atoms with van der Waals surface area (Å²) in [6.07, 6.45) is -0.416. The number of amides is 9. The molecular weight excluding hydrogens is 901 g/mol. The lowest BCUT2D eigenvalue weighted by atomic mass is 9.96. The number of aliphatic hydroxyl groups excluding tert-OH is 1. The van der Waals surface area contributed by atoms with E-state index in [0.717, 1.165) is 0 Å². The molecule has 11 atom stereocenters. The van der Waals surface area contributed by atoms with E-state index in [-0.39, 0.29) is 24.5 Å². The van der Waals surface area contributed by atoms with E-state index in [1.165, 1.54) is 32.9 Å². The van der Waals surface area contributed by atoms with Crippen molar-refractivity contribution in [3.63, 3.8) is 0 Å². The molecule has 0 aliphatic rings. The number of aliphatic carboxylic acids is 1. The van der Waals surface area contributed by atoms with Gasteiger partial charge in [-0.05, 0) is 75.0 Å². The van der Waals surface area contributed by atoms with Gasteiger partial charge in [0.1, 0.15) is 48.0 Å². The van der Waals surface area contributed by atoms with Gasteiger partial charge in [-0.25, -0.2) is 4.79 Å². The summed E-state index contributed by atoms with van der Waals surface area (Å²) in [7, 11) is 0. The van der Waals surface area contributed by atoms with Crippen LogP contribution in [0.1, 0.15) is 101 Å². The normalized spacial score (nSPS) is 16.0. The van der Waals surface area contributed by atoms with Crippen LogP contribution in [0.15, 0.2) is 24.3 Å². The van der Waals surface area contributed by atoms with Gasteiger partial charge >= 0.3 is 5.97 Å². The van der Waals surface area contributed by atoms with E-state index in [2.05, 4.69) is 47.9 Å². The number of rotatable bonds is 29. The predicted octanol–water partition coefficient (Wildman–Crippen LogP) is -1.81. The van der Waals surface area contributed by atoms with E-state index >= 15 is 0 Å². The number of benzene rings is 1. The highest BCUT2D eigenvalue weighted by Gasteiger charge is 2.36. The zero-order valence-corrected chi connectivity index (χ0v) is 41.6. The number of carbonyl (C=O) groups is 10. The Balaban J connectivity index is 2.90. The SMILES string of the molecule is CC[C@H](C)[C@H](NC(=O)CNC(=O)[C@H](C)NC(=O)[C@H](C)NC(=O)[C@@H](N)Cc1ccc(O)cc1)C(=O)NCC(=O)N[C@H](C(=O)N[C@@H](CC(C)C)C(=O)N[C@H](C(=O)N[C@H](C(=O)O)C(C)C)[C@@H](C)O)[C@@H](C)CC. The molecule has 23 nitrogen and oxygen atoms in total. The van der Waals surface area contributed by atoms with E-state index in [1.807, 2.05) is 0 Å². The van der Waals surface area contributed by atoms with Crippen LogP contribution < -0.4 is 53.6 Å². The van der Waals surface area contributed by atoms with E-state index in [1.54, 1.807) is 67.5 Å². The Labute approximate surface area is 403 Å². The number of nitrogens with one attached hydrogen (secondary N) is 9. The molecule has 0 heterocycles. The molecule has 14 N–H and O–H groups in total. The van der Waals surface area contributed by atoms with Crippen molar-refractivity contribution in [3.8, 4) is 5.75 Å². The fourth-order valence-corrected chi connectivity index (χ4v) is 6.60. The number of aromatic hydroxyl groups is 1. The topological polar surface area (TPSA) is 366 Å². The van der Waals surface area contributed by atoms with Crippen molar-refractivity contribution in [2.24, 2.45) is 29.4 Å². The number of hydrogen-bond donors (Lipinski definition) is 13. The molecule has 1 aromatic rings. The second-order valence-electron chi connectivity index (χ2n) is 18.2. The molecule has 23 heteroatoms. The van der Waals surface area contributed by atoms with E-state index in [4.69, 9.17) is 5.73 Å². The van der Waals surface area contributed by atoms with Crippen LogP contribution >= 0.6 is 0 Å². The molecule has 0 unspecified atom stereocenters. The average Bonchev–Trinajstić information content (AvgIpc) is 3.28. The summed E-state index contributed by atoms with van der Waals surface area (Å²) in [5.41, 5.74) is 6.67. The summed E-state index contributed by atoms with van der Waals surface area (Å²) in [5.74, 6) is -9.76. The average molecular weight is 977 g/mol. The van der Waals surface area contributed by atoms with Crippen molar-refractivity contribution in [1.82, 2.24) is 47.9 Å². The summed E-state index contributed by atoms with van der Waals surface area (Å²) in [6.45, 7) is 16.4. The van der Waals surface area contributed by atoms with Crippen molar-refractivity contribution in [1.29, 1.82) is 0 Å². The maximum atomic E-state index is 13.8. The number of phenols is 1. The highest BCUT2D eigenvalue weighted by molar-refractivity contribution is 5.97. The molecule has 0 radical (unpaired) electrons. The third kappa shape index (κ3) is 21.2. The summed E-state index contributed by atoms with van der Waals surface area (Å²) >= 11 is 0. The number of nitrogens with two attached hydrogens (primary N) is 1. The van der Waals surface area contributed by atoms with Gasteiger partial charge in [0.05, 0.1) is 25.2 Å². The Bertz CT molecular complexity index is 1930. The third-order valence-electron chi connectivity index (χ3n) is 11.3. The second kappa shape index (κ2) is 29.5. The van der Waals surface area contributed by atoms with Gasteiger partial charge in [0.2, 0.25) is 53.2 Å². The van der Waals surface area contributed by atoms with Gasteiger partial charge in [-0.3, -0.25) is 43.2 Å². The van der Waals surface area contributed by atoms with Gasteiger partial charge in [-0.15, -0.1) is 0 Å². The van der Waals surface area contributed by atoms with Crippen molar-refractivity contribution in [2.45, 2.75) is 156 Å². The van der Waals surface area contributed by atoms with Crippen molar-refractivity contribution in [2.75, 3.05) is 13.1 Å². The molecular formula is C46H76N10O13. The van der Waals surface area contributed by atoms with Crippen LogP contribution in [0.2, 0.25) is 0 Å². The first kappa shape index (κ1) is 60.7. The third-order valence-corrected chi connectivity index (χ3v) is 11.3. The maximum Gasteiger partial charge on any atom is 0.326 e. The Morgan fingerprint density at radius 2 is 0.986 bits per heavy atom. The smallest absolute Gasteiger partial charge is 0.326 e. The molecule has 0 fully saturated rings. The zero-order chi connectivity index (χ0) is 52.9. The van der Waals surface area contributed by atoms with E-state index in [0.29, 0.717) is 18.4 Å². The minimum atomic E-state index is -1.57. The molecule has 1 rings (SSSR count). The van der Waals surface area contributed by atoms with Crippen LogP contribution in [0.5, 0.6) is 5.75 Å². The van der Waals surface area contributed by atoms with Gasteiger partial charge in [0.15, 0.2) is 0 Å². The Morgan fingerprint density at radius 3 is 1.45 bits per heavy atom. The lowest BCUT2D eigenvalue weighted by Crippen LogP contribution is -2.61. The Morgan fingerprint density at radius 1 is 0.536 bits per heavy atom. The molecule has 0 bridgehead atoms. The fourth-order valence-electron chi connectivity index (χ4n) is 6.60. The van der Waals surface area contributed by atoms with E-state index in [9.17, 15) is 63.3 Å². The van der Waals surface area contributed by atoms with Crippen LogP contribution in [0.25, 0.3) is 0 Å². The fraction of sp³-hybridized carbons (Fsp3) is 0.652. The van der Waals surface area contributed by atoms with Crippen LogP contribution in [0.4, 0.5) is 0 Å². The Kier molecular flexibility index (Phi) is 25.9. The lowest BCUT2D eigenvalue weighted by molar-refractivity contribution is -0.144. The summed E-state index contributed by atoms with van der Waals surface area (Å²) in [6, 6.07) is -3.61. The molecule has 0 saturated heterocycles. The second-order valence-corrected chi connectivity index (χ2v) is 18.2. The maximum absolute atomic E-state index is 13.8.